The van der Waals surface area contributed by atoms with Crippen molar-refractivity contribution < 1.29 is 9.90 Å². The van der Waals surface area contributed by atoms with Gasteiger partial charge in [0, 0.05) is 39.3 Å². The van der Waals surface area contributed by atoms with Gasteiger partial charge in [-0.2, -0.15) is 0 Å². The predicted octanol–water partition coefficient (Wildman–Crippen LogP) is 1.31. The molecule has 1 saturated carbocycles. The van der Waals surface area contributed by atoms with Gasteiger partial charge in [-0.1, -0.05) is 6.07 Å². The summed E-state index contributed by atoms with van der Waals surface area (Å²) in [5.74, 6) is -0.00318. The van der Waals surface area contributed by atoms with Gasteiger partial charge in [-0.25, -0.2) is 9.78 Å². The lowest BCUT2D eigenvalue weighted by molar-refractivity contribution is 0.0689. The van der Waals surface area contributed by atoms with Gasteiger partial charge < -0.3 is 10.0 Å². The van der Waals surface area contributed by atoms with Crippen molar-refractivity contribution in [2.45, 2.75) is 19.4 Å². The number of carboxylic acid groups (broad SMARTS) is 1. The van der Waals surface area contributed by atoms with Gasteiger partial charge in [0.05, 0.1) is 5.69 Å². The van der Waals surface area contributed by atoms with Crippen molar-refractivity contribution in [3.05, 3.63) is 29.6 Å². The molecule has 108 valence electrons. The molecule has 20 heavy (non-hydrogen) atoms. The first-order chi connectivity index (χ1) is 9.70. The van der Waals surface area contributed by atoms with Gasteiger partial charge in [0.15, 0.2) is 0 Å². The van der Waals surface area contributed by atoms with Crippen LogP contribution in [0.15, 0.2) is 18.2 Å². The molecule has 1 saturated heterocycles. The molecule has 0 atom stereocenters. The van der Waals surface area contributed by atoms with Crippen LogP contribution in [0.1, 0.15) is 29.0 Å². The fraction of sp³-hybridized carbons (Fsp3) is 0.600. The molecule has 0 unspecified atom stereocenters. The second-order valence-electron chi connectivity index (χ2n) is 5.84. The molecule has 5 nitrogen and oxygen atoms in total. The lowest BCUT2D eigenvalue weighted by Gasteiger charge is -2.34. The largest absolute Gasteiger partial charge is 0.477 e. The highest BCUT2D eigenvalue weighted by atomic mass is 16.4. The van der Waals surface area contributed by atoms with E-state index in [2.05, 4.69) is 14.8 Å². The van der Waals surface area contributed by atoms with Crippen LogP contribution in [0.3, 0.4) is 0 Å². The van der Waals surface area contributed by atoms with Crippen molar-refractivity contribution in [2.24, 2.45) is 5.92 Å². The Balaban J connectivity index is 1.51. The number of piperazine rings is 1. The van der Waals surface area contributed by atoms with Gasteiger partial charge in [0.1, 0.15) is 5.69 Å². The van der Waals surface area contributed by atoms with Gasteiger partial charge in [0.25, 0.3) is 0 Å². The van der Waals surface area contributed by atoms with E-state index in [-0.39, 0.29) is 5.69 Å². The van der Waals surface area contributed by atoms with Crippen molar-refractivity contribution >= 4 is 5.97 Å². The van der Waals surface area contributed by atoms with Gasteiger partial charge in [0.2, 0.25) is 0 Å². The van der Waals surface area contributed by atoms with Crippen LogP contribution in [0, 0.1) is 5.92 Å². The maximum Gasteiger partial charge on any atom is 0.354 e. The summed E-state index contributed by atoms with van der Waals surface area (Å²) in [5.41, 5.74) is 0.982. The molecule has 0 bridgehead atoms. The third-order valence-corrected chi connectivity index (χ3v) is 4.09. The minimum Gasteiger partial charge on any atom is -0.477 e. The molecule has 2 fully saturated rings. The summed E-state index contributed by atoms with van der Waals surface area (Å²) in [6, 6.07) is 5.22. The number of rotatable bonds is 5. The molecule has 1 aliphatic carbocycles. The van der Waals surface area contributed by atoms with Crippen LogP contribution in [0.25, 0.3) is 0 Å². The Morgan fingerprint density at radius 2 is 1.90 bits per heavy atom. The molecule has 1 N–H and O–H groups in total. The van der Waals surface area contributed by atoms with E-state index in [4.69, 9.17) is 5.11 Å². The highest BCUT2D eigenvalue weighted by molar-refractivity contribution is 5.85. The number of carbonyl (C=O) groups is 1. The van der Waals surface area contributed by atoms with E-state index < -0.39 is 5.97 Å². The van der Waals surface area contributed by atoms with Crippen LogP contribution in [0.2, 0.25) is 0 Å². The van der Waals surface area contributed by atoms with Crippen LogP contribution in [-0.2, 0) is 6.54 Å². The predicted molar refractivity (Wildman–Crippen MR) is 75.6 cm³/mol. The lowest BCUT2D eigenvalue weighted by atomic mass is 10.2. The molecule has 0 amide bonds. The number of aromatic carboxylic acids is 1. The average molecular weight is 275 g/mol. The van der Waals surface area contributed by atoms with Crippen LogP contribution < -0.4 is 0 Å². The van der Waals surface area contributed by atoms with Crippen LogP contribution >= 0.6 is 0 Å². The summed E-state index contributed by atoms with van der Waals surface area (Å²) < 4.78 is 0. The minimum absolute atomic E-state index is 0.134. The highest BCUT2D eigenvalue weighted by Gasteiger charge is 2.26. The Kier molecular flexibility index (Phi) is 3.98. The molecule has 2 aliphatic rings. The van der Waals surface area contributed by atoms with Gasteiger partial charge in [-0.15, -0.1) is 0 Å². The summed E-state index contributed by atoms with van der Waals surface area (Å²) in [6.45, 7) is 6.35. The Bertz CT molecular complexity index is 480. The summed E-state index contributed by atoms with van der Waals surface area (Å²) in [7, 11) is 0. The normalized spacial score (nSPS) is 21.0. The smallest absolute Gasteiger partial charge is 0.354 e. The van der Waals surface area contributed by atoms with E-state index in [1.807, 2.05) is 6.07 Å². The first-order valence-corrected chi connectivity index (χ1v) is 7.34. The van der Waals surface area contributed by atoms with Gasteiger partial charge in [-0.3, -0.25) is 4.90 Å². The van der Waals surface area contributed by atoms with Crippen LogP contribution in [0.5, 0.6) is 0 Å². The molecule has 1 aromatic heterocycles. The Labute approximate surface area is 119 Å². The molecule has 5 heteroatoms. The molecule has 1 aliphatic heterocycles. The van der Waals surface area contributed by atoms with Crippen molar-refractivity contribution in [2.75, 3.05) is 32.7 Å². The quantitative estimate of drug-likeness (QED) is 0.878. The van der Waals surface area contributed by atoms with Gasteiger partial charge in [-0.05, 0) is 30.9 Å². The number of carboxylic acids is 1. The molecule has 2 heterocycles. The molecule has 0 spiro atoms. The SMILES string of the molecule is O=C(O)c1cccc(CN2CCN(CC3CC3)CC2)n1. The molecule has 3 rings (SSSR count). The minimum atomic E-state index is -0.957. The Morgan fingerprint density at radius 3 is 2.55 bits per heavy atom. The average Bonchev–Trinajstić information content (AvgIpc) is 3.25. The summed E-state index contributed by atoms with van der Waals surface area (Å²) in [6.07, 6.45) is 2.82. The highest BCUT2D eigenvalue weighted by Crippen LogP contribution is 2.29. The van der Waals surface area contributed by atoms with Crippen molar-refractivity contribution in [1.29, 1.82) is 0 Å². The van der Waals surface area contributed by atoms with Crippen LogP contribution in [0.4, 0.5) is 0 Å². The number of nitrogens with zero attached hydrogens (tertiary/aromatic N) is 3. The summed E-state index contributed by atoms with van der Waals surface area (Å²) >= 11 is 0. The topological polar surface area (TPSA) is 56.7 Å². The second-order valence-corrected chi connectivity index (χ2v) is 5.84. The molecular weight excluding hydrogens is 254 g/mol. The maximum absolute atomic E-state index is 10.9. The molecular formula is C15H21N3O2. The van der Waals surface area contributed by atoms with E-state index in [9.17, 15) is 4.79 Å². The Hall–Kier alpha value is -1.46. The number of aromatic nitrogens is 1. The fourth-order valence-corrected chi connectivity index (χ4v) is 2.71. The maximum atomic E-state index is 10.9. The standard InChI is InChI=1S/C15H21N3O2/c19-15(20)14-3-1-2-13(16-14)11-18-8-6-17(7-9-18)10-12-4-5-12/h1-3,12H,4-11H2,(H,19,20). The fourth-order valence-electron chi connectivity index (χ4n) is 2.71. The summed E-state index contributed by atoms with van der Waals surface area (Å²) in [4.78, 5) is 20.0. The molecule has 0 aromatic carbocycles. The number of hydrogen-bond donors (Lipinski definition) is 1. The molecule has 1 aromatic rings. The van der Waals surface area contributed by atoms with Crippen molar-refractivity contribution in [1.82, 2.24) is 14.8 Å². The third-order valence-electron chi connectivity index (χ3n) is 4.09. The number of hydrogen-bond acceptors (Lipinski definition) is 4. The van der Waals surface area contributed by atoms with E-state index in [1.54, 1.807) is 12.1 Å². The van der Waals surface area contributed by atoms with Crippen molar-refractivity contribution in [3.63, 3.8) is 0 Å². The van der Waals surface area contributed by atoms with Crippen LogP contribution in [-0.4, -0.2) is 58.6 Å². The Morgan fingerprint density at radius 1 is 1.20 bits per heavy atom. The third kappa shape index (κ3) is 3.55. The lowest BCUT2D eigenvalue weighted by Crippen LogP contribution is -2.46. The van der Waals surface area contributed by atoms with E-state index in [0.29, 0.717) is 0 Å². The number of pyridine rings is 1. The van der Waals surface area contributed by atoms with E-state index in [1.165, 1.54) is 19.4 Å². The first kappa shape index (κ1) is 13.5. The first-order valence-electron chi connectivity index (χ1n) is 7.34. The second kappa shape index (κ2) is 5.89. The zero-order chi connectivity index (χ0) is 13.9. The molecule has 0 radical (unpaired) electrons. The monoisotopic (exact) mass is 275 g/mol. The zero-order valence-corrected chi connectivity index (χ0v) is 11.7. The van der Waals surface area contributed by atoms with Gasteiger partial charge >= 0.3 is 5.97 Å². The zero-order valence-electron chi connectivity index (χ0n) is 11.7. The summed E-state index contributed by atoms with van der Waals surface area (Å²) in [5, 5.41) is 8.96. The van der Waals surface area contributed by atoms with E-state index >= 15 is 0 Å². The van der Waals surface area contributed by atoms with E-state index in [0.717, 1.165) is 44.3 Å². The van der Waals surface area contributed by atoms with Crippen molar-refractivity contribution in [3.8, 4) is 0 Å².